The van der Waals surface area contributed by atoms with Crippen molar-refractivity contribution < 1.29 is 9.90 Å². The highest BCUT2D eigenvalue weighted by atomic mass is 16.3. The van der Waals surface area contributed by atoms with Crippen LogP contribution in [0.25, 0.3) is 0 Å². The molecule has 4 nitrogen and oxygen atoms in total. The van der Waals surface area contributed by atoms with E-state index < -0.39 is 0 Å². The smallest absolute Gasteiger partial charge is 0.317 e. The quantitative estimate of drug-likeness (QED) is 0.847. The average molecular weight is 292 g/mol. The van der Waals surface area contributed by atoms with E-state index in [-0.39, 0.29) is 18.1 Å². The molecule has 0 bridgehead atoms. The van der Waals surface area contributed by atoms with Gasteiger partial charge in [-0.05, 0) is 24.3 Å². The van der Waals surface area contributed by atoms with Gasteiger partial charge in [0.25, 0.3) is 0 Å². The maximum Gasteiger partial charge on any atom is 0.317 e. The summed E-state index contributed by atoms with van der Waals surface area (Å²) in [5.74, 6) is 0. The minimum absolute atomic E-state index is 0.0378. The molecule has 4 heteroatoms. The summed E-state index contributed by atoms with van der Waals surface area (Å²) in [6.07, 6.45) is 0.605. The van der Waals surface area contributed by atoms with Crippen molar-refractivity contribution in [2.45, 2.75) is 40.7 Å². The van der Waals surface area contributed by atoms with Crippen molar-refractivity contribution in [1.29, 1.82) is 0 Å². The molecule has 1 aromatic carbocycles. The van der Waals surface area contributed by atoms with Gasteiger partial charge in [-0.1, -0.05) is 50.6 Å². The number of rotatable bonds is 6. The van der Waals surface area contributed by atoms with Crippen LogP contribution in [0.15, 0.2) is 24.3 Å². The highest BCUT2D eigenvalue weighted by Gasteiger charge is 2.20. The van der Waals surface area contributed by atoms with Crippen LogP contribution < -0.4 is 5.32 Å². The van der Waals surface area contributed by atoms with Crippen LogP contribution in [0, 0.1) is 12.3 Å². The third kappa shape index (κ3) is 7.14. The largest absolute Gasteiger partial charge is 0.396 e. The average Bonchev–Trinajstić information content (AvgIpc) is 2.39. The zero-order chi connectivity index (χ0) is 15.9. The zero-order valence-corrected chi connectivity index (χ0v) is 13.6. The van der Waals surface area contributed by atoms with Crippen molar-refractivity contribution in [3.8, 4) is 0 Å². The number of hydrogen-bond donors (Lipinski definition) is 2. The fourth-order valence-corrected chi connectivity index (χ4v) is 2.20. The van der Waals surface area contributed by atoms with Gasteiger partial charge < -0.3 is 15.3 Å². The number of nitrogens with zero attached hydrogens (tertiary/aromatic N) is 1. The Labute approximate surface area is 128 Å². The topological polar surface area (TPSA) is 52.6 Å². The first-order valence-electron chi connectivity index (χ1n) is 7.51. The van der Waals surface area contributed by atoms with Crippen LogP contribution >= 0.6 is 0 Å². The van der Waals surface area contributed by atoms with Crippen LogP contribution in [-0.2, 0) is 6.54 Å². The van der Waals surface area contributed by atoms with E-state index >= 15 is 0 Å². The van der Waals surface area contributed by atoms with Gasteiger partial charge in [-0.3, -0.25) is 0 Å². The summed E-state index contributed by atoms with van der Waals surface area (Å²) in [7, 11) is 0. The Morgan fingerprint density at radius 1 is 1.33 bits per heavy atom. The Kier molecular flexibility index (Phi) is 6.69. The van der Waals surface area contributed by atoms with Gasteiger partial charge in [-0.15, -0.1) is 0 Å². The van der Waals surface area contributed by atoms with E-state index in [9.17, 15) is 4.79 Å². The summed E-state index contributed by atoms with van der Waals surface area (Å²) in [5, 5.41) is 11.9. The number of nitrogens with one attached hydrogen (secondary N) is 1. The van der Waals surface area contributed by atoms with Crippen molar-refractivity contribution in [2.24, 2.45) is 5.41 Å². The van der Waals surface area contributed by atoms with Gasteiger partial charge in [0.05, 0.1) is 0 Å². The van der Waals surface area contributed by atoms with Gasteiger partial charge in [-0.2, -0.15) is 0 Å². The molecule has 0 spiro atoms. The van der Waals surface area contributed by atoms with E-state index in [1.807, 2.05) is 25.1 Å². The summed E-state index contributed by atoms with van der Waals surface area (Å²) in [6, 6.07) is 8.05. The van der Waals surface area contributed by atoms with Crippen molar-refractivity contribution in [3.05, 3.63) is 35.4 Å². The first kappa shape index (κ1) is 17.5. The van der Waals surface area contributed by atoms with E-state index in [0.717, 1.165) is 5.56 Å². The number of aryl methyl sites for hydroxylation is 1. The van der Waals surface area contributed by atoms with Gasteiger partial charge >= 0.3 is 6.03 Å². The van der Waals surface area contributed by atoms with Gasteiger partial charge in [0.1, 0.15) is 0 Å². The van der Waals surface area contributed by atoms with Crippen LogP contribution in [0.5, 0.6) is 0 Å². The Morgan fingerprint density at radius 2 is 2.05 bits per heavy atom. The SMILES string of the molecule is Cc1cccc(CNC(=O)N(CCCO)CC(C)(C)C)c1. The number of amides is 2. The van der Waals surface area contributed by atoms with E-state index in [4.69, 9.17) is 5.11 Å². The number of benzene rings is 1. The Bertz CT molecular complexity index is 452. The number of aliphatic hydroxyl groups is 1. The van der Waals surface area contributed by atoms with Crippen LogP contribution in [0.3, 0.4) is 0 Å². The van der Waals surface area contributed by atoms with E-state index in [0.29, 0.717) is 26.1 Å². The fraction of sp³-hybridized carbons (Fsp3) is 0.588. The van der Waals surface area contributed by atoms with Crippen LogP contribution in [0.1, 0.15) is 38.3 Å². The van der Waals surface area contributed by atoms with Gasteiger partial charge in [0, 0.05) is 26.2 Å². The molecule has 118 valence electrons. The highest BCUT2D eigenvalue weighted by molar-refractivity contribution is 5.74. The molecule has 1 aromatic rings. The molecule has 2 N–H and O–H groups in total. The molecule has 0 heterocycles. The van der Waals surface area contributed by atoms with Crippen LogP contribution in [0.4, 0.5) is 4.79 Å². The molecule has 0 saturated heterocycles. The molecule has 0 aromatic heterocycles. The number of urea groups is 1. The number of carbonyl (C=O) groups excluding carboxylic acids is 1. The van der Waals surface area contributed by atoms with Crippen molar-refractivity contribution in [3.63, 3.8) is 0 Å². The fourth-order valence-electron chi connectivity index (χ4n) is 2.20. The minimum atomic E-state index is -0.0696. The van der Waals surface area contributed by atoms with Crippen molar-refractivity contribution >= 4 is 6.03 Å². The molecule has 0 aliphatic heterocycles. The molecule has 0 radical (unpaired) electrons. The summed E-state index contributed by atoms with van der Waals surface area (Å²) >= 11 is 0. The lowest BCUT2D eigenvalue weighted by molar-refractivity contribution is 0.164. The third-order valence-corrected chi connectivity index (χ3v) is 3.06. The Hall–Kier alpha value is -1.55. The first-order chi connectivity index (χ1) is 9.81. The monoisotopic (exact) mass is 292 g/mol. The number of carbonyl (C=O) groups is 1. The summed E-state index contributed by atoms with van der Waals surface area (Å²) in [5.41, 5.74) is 2.32. The highest BCUT2D eigenvalue weighted by Crippen LogP contribution is 2.15. The van der Waals surface area contributed by atoms with Gasteiger partial charge in [-0.25, -0.2) is 4.79 Å². The number of aliphatic hydroxyl groups excluding tert-OH is 1. The zero-order valence-electron chi connectivity index (χ0n) is 13.6. The molecule has 0 unspecified atom stereocenters. The predicted octanol–water partition coefficient (Wildman–Crippen LogP) is 2.94. The Balaban J connectivity index is 2.59. The molecule has 0 saturated carbocycles. The summed E-state index contributed by atoms with van der Waals surface area (Å²) in [6.45, 7) is 10.2. The molecule has 1 rings (SSSR count). The van der Waals surface area contributed by atoms with Crippen molar-refractivity contribution in [2.75, 3.05) is 19.7 Å². The second kappa shape index (κ2) is 8.03. The van der Waals surface area contributed by atoms with Gasteiger partial charge in [0.15, 0.2) is 0 Å². The molecular weight excluding hydrogens is 264 g/mol. The molecule has 2 amide bonds. The number of hydrogen-bond acceptors (Lipinski definition) is 2. The lowest BCUT2D eigenvalue weighted by Gasteiger charge is -2.30. The molecular formula is C17H28N2O2. The molecule has 21 heavy (non-hydrogen) atoms. The Morgan fingerprint density at radius 3 is 2.62 bits per heavy atom. The standard InChI is InChI=1S/C17H28N2O2/c1-14-7-5-8-15(11-14)12-18-16(21)19(9-6-10-20)13-17(2,3)4/h5,7-8,11,20H,6,9-10,12-13H2,1-4H3,(H,18,21). The lowest BCUT2D eigenvalue weighted by Crippen LogP contribution is -2.44. The molecule has 0 aliphatic carbocycles. The summed E-state index contributed by atoms with van der Waals surface area (Å²) in [4.78, 5) is 14.1. The summed E-state index contributed by atoms with van der Waals surface area (Å²) < 4.78 is 0. The molecule has 0 fully saturated rings. The maximum atomic E-state index is 12.3. The van der Waals surface area contributed by atoms with Crippen LogP contribution in [0.2, 0.25) is 0 Å². The molecule has 0 aliphatic rings. The predicted molar refractivity (Wildman–Crippen MR) is 86.1 cm³/mol. The first-order valence-corrected chi connectivity index (χ1v) is 7.51. The van der Waals surface area contributed by atoms with E-state index in [1.165, 1.54) is 5.56 Å². The van der Waals surface area contributed by atoms with E-state index in [1.54, 1.807) is 4.90 Å². The maximum absolute atomic E-state index is 12.3. The molecule has 0 atom stereocenters. The third-order valence-electron chi connectivity index (χ3n) is 3.06. The normalized spacial score (nSPS) is 11.3. The van der Waals surface area contributed by atoms with Crippen molar-refractivity contribution in [1.82, 2.24) is 10.2 Å². The van der Waals surface area contributed by atoms with Crippen LogP contribution in [-0.4, -0.2) is 35.7 Å². The minimum Gasteiger partial charge on any atom is -0.396 e. The second-order valence-corrected chi connectivity index (χ2v) is 6.71. The van der Waals surface area contributed by atoms with Gasteiger partial charge in [0.2, 0.25) is 0 Å². The lowest BCUT2D eigenvalue weighted by atomic mass is 9.96. The van der Waals surface area contributed by atoms with E-state index in [2.05, 4.69) is 32.2 Å². The second-order valence-electron chi connectivity index (χ2n) is 6.71.